The van der Waals surface area contributed by atoms with Crippen molar-refractivity contribution in [1.82, 2.24) is 0 Å². The first-order valence-electron chi connectivity index (χ1n) is 19.3. The first-order chi connectivity index (χ1) is 24.2. The number of allylic oxidation sites excluding steroid dienone is 1. The Labute approximate surface area is 301 Å². The van der Waals surface area contributed by atoms with Crippen LogP contribution in [0.3, 0.4) is 0 Å². The molecule has 6 rings (SSSR count). The molecule has 1 aliphatic heterocycles. The average molecular weight is 714 g/mol. The van der Waals surface area contributed by atoms with Crippen molar-refractivity contribution in [2.45, 2.75) is 142 Å². The zero-order valence-corrected chi connectivity index (χ0v) is 30.9. The number of non-ortho nitro benzene ring substituents is 1. The number of aliphatic hydroxyl groups excluding tert-OH is 3. The summed E-state index contributed by atoms with van der Waals surface area (Å²) in [6, 6.07) is 2.03. The third-order valence-corrected chi connectivity index (χ3v) is 14.2. The Kier molecular flexibility index (Phi) is 11.2. The van der Waals surface area contributed by atoms with Crippen LogP contribution in [0.2, 0.25) is 0 Å². The fourth-order valence-corrected chi connectivity index (χ4v) is 11.4. The Morgan fingerprint density at radius 1 is 1.00 bits per heavy atom. The summed E-state index contributed by atoms with van der Waals surface area (Å²) in [5, 5.41) is 57.9. The van der Waals surface area contributed by atoms with Gasteiger partial charge in [-0.3, -0.25) is 20.2 Å². The van der Waals surface area contributed by atoms with Gasteiger partial charge in [-0.15, -0.1) is 0 Å². The Hall–Kier alpha value is -2.64. The maximum atomic E-state index is 11.9. The van der Waals surface area contributed by atoms with Crippen molar-refractivity contribution < 1.29 is 34.6 Å². The number of hydrogen-bond donors (Lipinski definition) is 4. The molecular weight excluding hydrogens is 654 g/mol. The summed E-state index contributed by atoms with van der Waals surface area (Å²) in [6.07, 6.45) is 9.65. The van der Waals surface area contributed by atoms with Crippen LogP contribution in [0.4, 0.5) is 17.1 Å². The van der Waals surface area contributed by atoms with Crippen LogP contribution in [-0.2, 0) is 9.47 Å². The summed E-state index contributed by atoms with van der Waals surface area (Å²) < 4.78 is 12.5. The van der Waals surface area contributed by atoms with Crippen molar-refractivity contribution in [3.8, 4) is 0 Å². The fraction of sp³-hybridized carbons (Fsp3) is 0.795. The van der Waals surface area contributed by atoms with Crippen molar-refractivity contribution in [3.63, 3.8) is 0 Å². The van der Waals surface area contributed by atoms with Crippen LogP contribution in [0, 0.1) is 66.6 Å². The second-order valence-corrected chi connectivity index (χ2v) is 17.4. The van der Waals surface area contributed by atoms with Gasteiger partial charge in [0.25, 0.3) is 11.4 Å². The largest absolute Gasteiger partial charge is 0.394 e. The molecule has 1 heterocycles. The lowest BCUT2D eigenvalue weighted by atomic mass is 9.47. The van der Waals surface area contributed by atoms with Gasteiger partial charge in [0.05, 0.1) is 28.6 Å². The second-order valence-electron chi connectivity index (χ2n) is 17.4. The average Bonchev–Trinajstić information content (AvgIpc) is 3.45. The lowest BCUT2D eigenvalue weighted by Crippen LogP contribution is -2.62. The molecule has 0 aromatic heterocycles. The van der Waals surface area contributed by atoms with E-state index < -0.39 is 58.5 Å². The smallest absolute Gasteiger partial charge is 0.299 e. The predicted molar refractivity (Wildman–Crippen MR) is 193 cm³/mol. The number of nitrogens with one attached hydrogen (secondary N) is 1. The van der Waals surface area contributed by atoms with Crippen LogP contribution in [-0.4, -0.2) is 68.5 Å². The minimum absolute atomic E-state index is 0.0813. The molecule has 0 bridgehead atoms. The molecule has 12 heteroatoms. The quantitative estimate of drug-likeness (QED) is 0.0988. The summed E-state index contributed by atoms with van der Waals surface area (Å²) in [5.74, 6) is 4.42. The third-order valence-electron chi connectivity index (χ3n) is 14.2. The van der Waals surface area contributed by atoms with E-state index in [0.29, 0.717) is 23.7 Å². The molecule has 13 atom stereocenters. The van der Waals surface area contributed by atoms with Gasteiger partial charge in [-0.2, -0.15) is 0 Å². The van der Waals surface area contributed by atoms with Gasteiger partial charge in [-0.1, -0.05) is 65.5 Å². The molecular formula is C39H59N3O9. The highest BCUT2D eigenvalue weighted by atomic mass is 16.7. The maximum absolute atomic E-state index is 11.9. The summed E-state index contributed by atoms with van der Waals surface area (Å²) in [6.45, 7) is 11.7. The van der Waals surface area contributed by atoms with E-state index in [9.17, 15) is 35.5 Å². The Balaban J connectivity index is 1.17. The number of hydrogen-bond acceptors (Lipinski definition) is 10. The molecule has 284 valence electrons. The first kappa shape index (κ1) is 38.1. The second kappa shape index (κ2) is 15.0. The molecule has 4 fully saturated rings. The third kappa shape index (κ3) is 7.20. The lowest BCUT2D eigenvalue weighted by Gasteiger charge is -2.58. The van der Waals surface area contributed by atoms with Crippen molar-refractivity contribution in [3.05, 3.63) is 50.1 Å². The van der Waals surface area contributed by atoms with Crippen LogP contribution < -0.4 is 5.32 Å². The van der Waals surface area contributed by atoms with Gasteiger partial charge in [-0.25, -0.2) is 0 Å². The highest BCUT2D eigenvalue weighted by molar-refractivity contribution is 5.66. The van der Waals surface area contributed by atoms with E-state index in [-0.39, 0.29) is 17.2 Å². The molecule has 1 saturated heterocycles. The van der Waals surface area contributed by atoms with E-state index in [1.807, 2.05) is 0 Å². The van der Waals surface area contributed by atoms with E-state index in [1.165, 1.54) is 56.6 Å². The Morgan fingerprint density at radius 3 is 2.45 bits per heavy atom. The van der Waals surface area contributed by atoms with Crippen LogP contribution in [0.5, 0.6) is 0 Å². The zero-order valence-electron chi connectivity index (χ0n) is 30.9. The molecule has 4 aliphatic carbocycles. The number of anilines is 1. The molecule has 5 aliphatic rings. The van der Waals surface area contributed by atoms with Gasteiger partial charge in [0.1, 0.15) is 30.0 Å². The minimum Gasteiger partial charge on any atom is -0.394 e. The number of nitro benzene ring substituents is 2. The monoisotopic (exact) mass is 713 g/mol. The molecule has 51 heavy (non-hydrogen) atoms. The van der Waals surface area contributed by atoms with Gasteiger partial charge in [0, 0.05) is 6.07 Å². The van der Waals surface area contributed by atoms with E-state index in [1.54, 1.807) is 0 Å². The van der Waals surface area contributed by atoms with Crippen LogP contribution in [0.15, 0.2) is 29.8 Å². The first-order valence-corrected chi connectivity index (χ1v) is 19.3. The van der Waals surface area contributed by atoms with Crippen LogP contribution in [0.1, 0.15) is 105 Å². The molecule has 3 saturated carbocycles. The van der Waals surface area contributed by atoms with E-state index in [4.69, 9.17) is 9.47 Å². The van der Waals surface area contributed by atoms with Crippen molar-refractivity contribution in [2.75, 3.05) is 11.9 Å². The number of ether oxygens (including phenoxy) is 2. The summed E-state index contributed by atoms with van der Waals surface area (Å²) in [4.78, 5) is 21.7. The SMILES string of the molecule is CC(C)CCCC(C)C1CCC2C3CC=C4CC(OC5OC(CO)C(O)C(O)C5Nc5ccc([N+](=O)[O-])cc5[N+](=O)[O-])CCC4(C)C3CCC12C. The van der Waals surface area contributed by atoms with Crippen molar-refractivity contribution >= 4 is 17.1 Å². The lowest BCUT2D eigenvalue weighted by molar-refractivity contribution is -0.393. The standard InChI is InChI=1S/C39H59N3O9/c1-22(2)7-6-8-23(3)28-12-13-29-27-11-9-24-19-26(15-17-38(24,4)30(27)16-18-39(28,29)5)50-37-34(36(45)35(44)33(21-43)51-37)40-31-14-10-25(41(46)47)20-32(31)42(48)49/h9-10,14,20,22-23,26-30,33-37,40,43-45H,6-8,11-13,15-19,21H2,1-5H3. The molecule has 1 aromatic carbocycles. The molecule has 0 spiro atoms. The molecule has 4 N–H and O–H groups in total. The number of aliphatic hydroxyl groups is 3. The zero-order chi connectivity index (χ0) is 36.8. The molecule has 0 radical (unpaired) electrons. The maximum Gasteiger partial charge on any atom is 0.299 e. The molecule has 1 aromatic rings. The van der Waals surface area contributed by atoms with Crippen LogP contribution >= 0.6 is 0 Å². The molecule has 13 unspecified atom stereocenters. The highest BCUT2D eigenvalue weighted by Gasteiger charge is 2.59. The normalized spacial score (nSPS) is 39.7. The van der Waals surface area contributed by atoms with Crippen LogP contribution in [0.25, 0.3) is 0 Å². The number of nitro groups is 2. The summed E-state index contributed by atoms with van der Waals surface area (Å²) in [7, 11) is 0. The fourth-order valence-electron chi connectivity index (χ4n) is 11.4. The van der Waals surface area contributed by atoms with E-state index in [0.717, 1.165) is 55.1 Å². The Bertz CT molecular complexity index is 1470. The summed E-state index contributed by atoms with van der Waals surface area (Å²) >= 11 is 0. The Morgan fingerprint density at radius 2 is 1.76 bits per heavy atom. The van der Waals surface area contributed by atoms with Crippen molar-refractivity contribution in [1.29, 1.82) is 0 Å². The molecule has 12 nitrogen and oxygen atoms in total. The van der Waals surface area contributed by atoms with Gasteiger partial charge in [-0.05, 0) is 104 Å². The van der Waals surface area contributed by atoms with E-state index in [2.05, 4.69) is 46.0 Å². The topological polar surface area (TPSA) is 177 Å². The predicted octanol–water partition coefficient (Wildman–Crippen LogP) is 7.15. The van der Waals surface area contributed by atoms with Gasteiger partial charge < -0.3 is 30.1 Å². The number of nitrogens with zero attached hydrogens (tertiary/aromatic N) is 2. The van der Waals surface area contributed by atoms with Gasteiger partial charge in [0.15, 0.2) is 6.29 Å². The van der Waals surface area contributed by atoms with Gasteiger partial charge >= 0.3 is 0 Å². The minimum atomic E-state index is -1.51. The number of benzene rings is 1. The van der Waals surface area contributed by atoms with E-state index >= 15 is 0 Å². The van der Waals surface area contributed by atoms with Gasteiger partial charge in [0.2, 0.25) is 0 Å². The number of rotatable bonds is 12. The van der Waals surface area contributed by atoms with Crippen molar-refractivity contribution in [2.24, 2.45) is 46.3 Å². The summed E-state index contributed by atoms with van der Waals surface area (Å²) in [5.41, 5.74) is 0.818. The highest BCUT2D eigenvalue weighted by Crippen LogP contribution is 2.67. The number of fused-ring (bicyclic) bond motifs is 5. The molecule has 0 amide bonds.